The summed E-state index contributed by atoms with van der Waals surface area (Å²) in [5.74, 6) is 0.168. The summed E-state index contributed by atoms with van der Waals surface area (Å²) in [6.07, 6.45) is 0.925. The summed E-state index contributed by atoms with van der Waals surface area (Å²) in [4.78, 5) is 30.7. The summed E-state index contributed by atoms with van der Waals surface area (Å²) in [6, 6.07) is 7.94. The van der Waals surface area contributed by atoms with E-state index in [2.05, 4.69) is 11.0 Å². The van der Waals surface area contributed by atoms with E-state index >= 15 is 0 Å². The van der Waals surface area contributed by atoms with E-state index in [1.54, 1.807) is 0 Å². The Kier molecular flexibility index (Phi) is 5.16. The molecule has 1 saturated heterocycles. The third kappa shape index (κ3) is 3.30. The van der Waals surface area contributed by atoms with E-state index in [0.29, 0.717) is 13.1 Å². The lowest BCUT2D eigenvalue weighted by Crippen LogP contribution is -2.55. The van der Waals surface area contributed by atoms with Gasteiger partial charge in [-0.15, -0.1) is 0 Å². The Balaban J connectivity index is 1.59. The molecule has 1 unspecified atom stereocenters. The average molecular weight is 331 g/mol. The Morgan fingerprint density at radius 1 is 1.12 bits per heavy atom. The fourth-order valence-electron chi connectivity index (χ4n) is 3.52. The molecular weight excluding hydrogens is 306 g/mol. The van der Waals surface area contributed by atoms with E-state index < -0.39 is 0 Å². The van der Waals surface area contributed by atoms with Crippen LogP contribution in [0.3, 0.4) is 0 Å². The summed E-state index contributed by atoms with van der Waals surface area (Å²) in [5.41, 5.74) is 2.29. The van der Waals surface area contributed by atoms with Crippen LogP contribution in [-0.2, 0) is 20.7 Å². The highest BCUT2D eigenvalue weighted by molar-refractivity contribution is 5.98. The molecule has 0 aliphatic carbocycles. The van der Waals surface area contributed by atoms with Crippen molar-refractivity contribution in [3.8, 4) is 0 Å². The number of hydrogen-bond donors (Lipinski definition) is 0. The normalized spacial score (nSPS) is 19.2. The molecule has 3 rings (SSSR count). The number of carbonyl (C=O) groups excluding carboxylic acids is 2. The minimum atomic E-state index is -0.171. The summed E-state index contributed by atoms with van der Waals surface area (Å²) in [6.45, 7) is 5.59. The van der Waals surface area contributed by atoms with Gasteiger partial charge in [-0.25, -0.2) is 0 Å². The zero-order chi connectivity index (χ0) is 17.1. The quantitative estimate of drug-likeness (QED) is 0.817. The first-order valence-corrected chi connectivity index (χ1v) is 8.52. The lowest BCUT2D eigenvalue weighted by molar-refractivity contribution is -0.137. The molecule has 0 saturated carbocycles. The van der Waals surface area contributed by atoms with Crippen molar-refractivity contribution in [3.05, 3.63) is 29.8 Å². The Morgan fingerprint density at radius 3 is 2.54 bits per heavy atom. The van der Waals surface area contributed by atoms with Gasteiger partial charge in [0.25, 0.3) is 0 Å². The van der Waals surface area contributed by atoms with Crippen molar-refractivity contribution in [3.63, 3.8) is 0 Å². The largest absolute Gasteiger partial charge is 0.375 e. The highest BCUT2D eigenvalue weighted by Crippen LogP contribution is 2.28. The lowest BCUT2D eigenvalue weighted by atomic mass is 10.1. The van der Waals surface area contributed by atoms with Gasteiger partial charge in [0.05, 0.1) is 6.04 Å². The highest BCUT2D eigenvalue weighted by atomic mass is 16.5. The minimum absolute atomic E-state index is 0.0181. The van der Waals surface area contributed by atoms with E-state index in [1.807, 2.05) is 34.9 Å². The first-order chi connectivity index (χ1) is 11.6. The molecule has 1 fully saturated rings. The van der Waals surface area contributed by atoms with Crippen LogP contribution >= 0.6 is 0 Å². The number of rotatable bonds is 4. The maximum atomic E-state index is 12.9. The van der Waals surface area contributed by atoms with E-state index in [1.165, 1.54) is 12.7 Å². The predicted octanol–water partition coefficient (Wildman–Crippen LogP) is 0.755. The summed E-state index contributed by atoms with van der Waals surface area (Å²) >= 11 is 0. The third-order valence-corrected chi connectivity index (χ3v) is 4.99. The van der Waals surface area contributed by atoms with Crippen molar-refractivity contribution in [1.29, 1.82) is 0 Å². The van der Waals surface area contributed by atoms with Gasteiger partial charge >= 0.3 is 0 Å². The highest BCUT2D eigenvalue weighted by Gasteiger charge is 2.32. The van der Waals surface area contributed by atoms with Crippen LogP contribution in [0.4, 0.5) is 5.69 Å². The van der Waals surface area contributed by atoms with Gasteiger partial charge in [-0.1, -0.05) is 18.2 Å². The Bertz CT molecular complexity index is 611. The Labute approximate surface area is 143 Å². The van der Waals surface area contributed by atoms with Crippen LogP contribution in [-0.4, -0.2) is 74.1 Å². The molecule has 6 nitrogen and oxygen atoms in total. The molecule has 2 aliphatic rings. The fourth-order valence-corrected chi connectivity index (χ4v) is 3.52. The van der Waals surface area contributed by atoms with E-state index in [9.17, 15) is 9.59 Å². The van der Waals surface area contributed by atoms with Crippen molar-refractivity contribution in [2.45, 2.75) is 19.4 Å². The number of benzene rings is 1. The van der Waals surface area contributed by atoms with Crippen LogP contribution in [0, 0.1) is 0 Å². The number of para-hydroxylation sites is 1. The second-order valence-corrected chi connectivity index (χ2v) is 6.39. The molecular formula is C18H25N3O3. The second kappa shape index (κ2) is 7.32. The minimum Gasteiger partial charge on any atom is -0.375 e. The summed E-state index contributed by atoms with van der Waals surface area (Å²) < 4.78 is 4.90. The number of fused-ring (bicyclic) bond motifs is 1. The van der Waals surface area contributed by atoms with Crippen LogP contribution in [0.5, 0.6) is 0 Å². The van der Waals surface area contributed by atoms with Gasteiger partial charge < -0.3 is 14.5 Å². The van der Waals surface area contributed by atoms with Gasteiger partial charge in [-0.3, -0.25) is 14.5 Å². The smallest absolute Gasteiger partial charge is 0.248 e. The Hall–Kier alpha value is -1.92. The molecule has 2 heterocycles. The number of piperazine rings is 1. The molecule has 6 heteroatoms. The van der Waals surface area contributed by atoms with Crippen molar-refractivity contribution in [2.75, 3.05) is 51.3 Å². The molecule has 130 valence electrons. The molecule has 2 amide bonds. The molecule has 0 aromatic heterocycles. The van der Waals surface area contributed by atoms with Crippen LogP contribution < -0.4 is 4.90 Å². The monoisotopic (exact) mass is 331 g/mol. The zero-order valence-electron chi connectivity index (χ0n) is 14.4. The summed E-state index contributed by atoms with van der Waals surface area (Å²) in [5, 5.41) is 0. The van der Waals surface area contributed by atoms with Crippen LogP contribution in [0.15, 0.2) is 24.3 Å². The molecule has 1 aromatic carbocycles. The number of methoxy groups -OCH3 is 1. The first kappa shape index (κ1) is 16.9. The first-order valence-electron chi connectivity index (χ1n) is 8.52. The van der Waals surface area contributed by atoms with Crippen molar-refractivity contribution < 1.29 is 14.3 Å². The third-order valence-electron chi connectivity index (χ3n) is 4.99. The zero-order valence-corrected chi connectivity index (χ0v) is 14.4. The van der Waals surface area contributed by atoms with Crippen LogP contribution in [0.2, 0.25) is 0 Å². The SMILES string of the molecule is COCC(=O)N1CCN(C(C)C(=O)N2CCc3ccccc32)CC1. The maximum absolute atomic E-state index is 12.9. The van der Waals surface area contributed by atoms with Crippen molar-refractivity contribution in [2.24, 2.45) is 0 Å². The van der Waals surface area contributed by atoms with Crippen molar-refractivity contribution in [1.82, 2.24) is 9.80 Å². The topological polar surface area (TPSA) is 53.1 Å². The van der Waals surface area contributed by atoms with E-state index in [-0.39, 0.29) is 24.5 Å². The van der Waals surface area contributed by atoms with Gasteiger partial charge in [-0.2, -0.15) is 0 Å². The molecule has 1 atom stereocenters. The number of nitrogens with zero attached hydrogens (tertiary/aromatic N) is 3. The van der Waals surface area contributed by atoms with Gasteiger partial charge in [0, 0.05) is 45.5 Å². The lowest BCUT2D eigenvalue weighted by Gasteiger charge is -2.38. The van der Waals surface area contributed by atoms with Gasteiger partial charge in [0.2, 0.25) is 11.8 Å². The number of ether oxygens (including phenoxy) is 1. The molecule has 24 heavy (non-hydrogen) atoms. The maximum Gasteiger partial charge on any atom is 0.248 e. The van der Waals surface area contributed by atoms with Gasteiger partial charge in [0.1, 0.15) is 6.61 Å². The number of hydrogen-bond acceptors (Lipinski definition) is 4. The molecule has 0 bridgehead atoms. The number of anilines is 1. The van der Waals surface area contributed by atoms with Crippen molar-refractivity contribution >= 4 is 17.5 Å². The fraction of sp³-hybridized carbons (Fsp3) is 0.556. The molecule has 2 aliphatic heterocycles. The molecule has 0 radical (unpaired) electrons. The molecule has 0 spiro atoms. The van der Waals surface area contributed by atoms with E-state index in [4.69, 9.17) is 4.74 Å². The predicted molar refractivity (Wildman–Crippen MR) is 92.0 cm³/mol. The Morgan fingerprint density at radius 2 is 1.83 bits per heavy atom. The molecule has 1 aromatic rings. The molecule has 0 N–H and O–H groups in total. The van der Waals surface area contributed by atoms with E-state index in [0.717, 1.165) is 31.7 Å². The number of carbonyl (C=O) groups is 2. The van der Waals surface area contributed by atoms with Crippen LogP contribution in [0.1, 0.15) is 12.5 Å². The summed E-state index contributed by atoms with van der Waals surface area (Å²) in [7, 11) is 1.53. The average Bonchev–Trinajstić information content (AvgIpc) is 3.05. The van der Waals surface area contributed by atoms with Crippen LogP contribution in [0.25, 0.3) is 0 Å². The van der Waals surface area contributed by atoms with Gasteiger partial charge in [-0.05, 0) is 25.0 Å². The standard InChI is InChI=1S/C18H25N3O3/c1-14(19-9-11-20(12-10-19)17(22)13-24-2)18(23)21-8-7-15-5-3-4-6-16(15)21/h3-6,14H,7-13H2,1-2H3. The number of amides is 2. The van der Waals surface area contributed by atoms with Gasteiger partial charge in [0.15, 0.2) is 0 Å². The second-order valence-electron chi connectivity index (χ2n) is 6.39.